The number of carbonyl (C=O) groups excluding carboxylic acids is 3. The summed E-state index contributed by atoms with van der Waals surface area (Å²) in [6.07, 6.45) is 0.230. The fourth-order valence-electron chi connectivity index (χ4n) is 5.26. The minimum absolute atomic E-state index is 0.0116. The van der Waals surface area contributed by atoms with E-state index in [1.165, 1.54) is 28.4 Å². The Morgan fingerprint density at radius 2 is 1.23 bits per heavy atom. The molecule has 1 aromatic rings. The van der Waals surface area contributed by atoms with Crippen LogP contribution in [0.1, 0.15) is 12.5 Å². The second-order valence-electron chi connectivity index (χ2n) is 11.0. The fraction of sp³-hybridized carbons (Fsp3) is 0.688. The van der Waals surface area contributed by atoms with Gasteiger partial charge < -0.3 is 33.5 Å². The number of carboxylic acids is 1. The van der Waals surface area contributed by atoms with Crippen LogP contribution in [0.5, 0.6) is 5.75 Å². The summed E-state index contributed by atoms with van der Waals surface area (Å²) in [6.45, 7) is 6.31. The van der Waals surface area contributed by atoms with Crippen molar-refractivity contribution in [2.75, 3.05) is 120 Å². The topological polar surface area (TPSA) is 157 Å². The van der Waals surface area contributed by atoms with Crippen LogP contribution in [-0.4, -0.2) is 181 Å². The molecule has 2 atom stereocenters. The van der Waals surface area contributed by atoms with Crippen molar-refractivity contribution < 1.29 is 52.7 Å². The molecule has 0 aliphatic carbocycles. The lowest BCUT2D eigenvalue weighted by molar-refractivity contribution is -0.150. The average Bonchev–Trinajstić information content (AvgIpc) is 3.07. The molecule has 0 radical (unpaired) electrons. The number of methoxy groups -OCH3 is 4. The Morgan fingerprint density at radius 1 is 0.723 bits per heavy atom. The second kappa shape index (κ2) is 22.3. The van der Waals surface area contributed by atoms with E-state index in [1.807, 2.05) is 50.8 Å². The minimum atomic E-state index is -0.986. The van der Waals surface area contributed by atoms with Gasteiger partial charge in [0, 0.05) is 66.1 Å². The fourth-order valence-corrected chi connectivity index (χ4v) is 5.26. The van der Waals surface area contributed by atoms with Crippen LogP contribution in [-0.2, 0) is 49.3 Å². The third kappa shape index (κ3) is 14.5. The molecule has 0 spiro atoms. The first kappa shape index (κ1) is 39.8. The molecule has 47 heavy (non-hydrogen) atoms. The van der Waals surface area contributed by atoms with E-state index in [0.717, 1.165) is 5.56 Å². The Labute approximate surface area is 277 Å². The van der Waals surface area contributed by atoms with Gasteiger partial charge in [-0.05, 0) is 31.0 Å². The summed E-state index contributed by atoms with van der Waals surface area (Å²) >= 11 is 0. The number of esters is 3. The molecule has 0 amide bonds. The van der Waals surface area contributed by atoms with Gasteiger partial charge in [-0.2, -0.15) is 0 Å². The van der Waals surface area contributed by atoms with Crippen LogP contribution < -0.4 is 4.74 Å². The molecule has 1 heterocycles. The number of hydrogen-bond acceptors (Lipinski definition) is 14. The maximum absolute atomic E-state index is 12.7. The predicted octanol–water partition coefficient (Wildman–Crippen LogP) is -0.147. The summed E-state index contributed by atoms with van der Waals surface area (Å²) in [5.41, 5.74) is 0.821. The van der Waals surface area contributed by atoms with Crippen molar-refractivity contribution in [1.82, 2.24) is 19.6 Å². The molecule has 15 heteroatoms. The number of carboxylic acid groups (broad SMARTS) is 1. The van der Waals surface area contributed by atoms with Gasteiger partial charge in [0.1, 0.15) is 24.4 Å². The zero-order valence-electron chi connectivity index (χ0n) is 28.4. The van der Waals surface area contributed by atoms with E-state index in [-0.39, 0.29) is 26.1 Å². The van der Waals surface area contributed by atoms with Crippen LogP contribution in [0.4, 0.5) is 0 Å². The molecule has 0 aromatic heterocycles. The van der Waals surface area contributed by atoms with E-state index in [1.54, 1.807) is 0 Å². The maximum Gasteiger partial charge on any atom is 0.325 e. The van der Waals surface area contributed by atoms with Gasteiger partial charge in [-0.25, -0.2) is 0 Å². The number of rotatable bonds is 17. The van der Waals surface area contributed by atoms with Gasteiger partial charge in [0.15, 0.2) is 0 Å². The van der Waals surface area contributed by atoms with Crippen molar-refractivity contribution in [3.8, 4) is 5.75 Å². The van der Waals surface area contributed by atoms with Crippen molar-refractivity contribution >= 4 is 23.9 Å². The molecule has 15 nitrogen and oxygen atoms in total. The van der Waals surface area contributed by atoms with Gasteiger partial charge in [-0.15, -0.1) is 0 Å². The number of aliphatic carboxylic acids is 1. The van der Waals surface area contributed by atoms with Crippen molar-refractivity contribution in [3.05, 3.63) is 29.8 Å². The minimum Gasteiger partial charge on any atom is -0.491 e. The third-order valence-electron chi connectivity index (χ3n) is 7.99. The molecular weight excluding hydrogens is 616 g/mol. The second-order valence-corrected chi connectivity index (χ2v) is 11.0. The SMILES string of the molecule is CCOCCOc1ccc(CC(C(=O)O)N2CCN(CC(=O)OC)CCN(C(COC)C(=O)OC)CCN(CC(=O)OC)CC2)cc1. The lowest BCUT2D eigenvalue weighted by Gasteiger charge is -2.37. The van der Waals surface area contributed by atoms with E-state index in [4.69, 9.17) is 28.4 Å². The van der Waals surface area contributed by atoms with Crippen LogP contribution in [0.15, 0.2) is 24.3 Å². The molecule has 1 aromatic carbocycles. The zero-order chi connectivity index (χ0) is 34.6. The van der Waals surface area contributed by atoms with Gasteiger partial charge in [-0.3, -0.25) is 38.8 Å². The summed E-state index contributed by atoms with van der Waals surface area (Å²) in [6, 6.07) is 5.73. The predicted molar refractivity (Wildman–Crippen MR) is 171 cm³/mol. The molecule has 1 saturated heterocycles. The van der Waals surface area contributed by atoms with E-state index in [9.17, 15) is 24.3 Å². The zero-order valence-corrected chi connectivity index (χ0v) is 28.4. The van der Waals surface area contributed by atoms with Gasteiger partial charge in [0.2, 0.25) is 0 Å². The standard InChI is InChI=1S/C32H52N4O11/c1-6-46-19-20-47-26-9-7-25(8-10-26)21-27(31(39)40)35-15-11-33(22-29(37)43-3)13-17-36(28(24-42-2)32(41)45-5)18-14-34(12-16-35)23-30(38)44-4/h7-10,27-28H,6,11-24H2,1-5H3,(H,39,40). The van der Waals surface area contributed by atoms with E-state index in [0.29, 0.717) is 77.9 Å². The number of nitrogens with zero attached hydrogens (tertiary/aromatic N) is 4. The first-order valence-electron chi connectivity index (χ1n) is 15.8. The van der Waals surface area contributed by atoms with E-state index < -0.39 is 36.0 Å². The van der Waals surface area contributed by atoms with Gasteiger partial charge in [0.05, 0.1) is 47.6 Å². The third-order valence-corrected chi connectivity index (χ3v) is 7.99. The Balaban J connectivity index is 2.34. The van der Waals surface area contributed by atoms with Gasteiger partial charge in [0.25, 0.3) is 0 Å². The first-order chi connectivity index (χ1) is 22.6. The van der Waals surface area contributed by atoms with Crippen molar-refractivity contribution in [1.29, 1.82) is 0 Å². The van der Waals surface area contributed by atoms with E-state index >= 15 is 0 Å². The summed E-state index contributed by atoms with van der Waals surface area (Å²) in [4.78, 5) is 57.7. The van der Waals surface area contributed by atoms with Crippen LogP contribution in [0, 0.1) is 0 Å². The first-order valence-corrected chi connectivity index (χ1v) is 15.8. The molecule has 2 unspecified atom stereocenters. The largest absolute Gasteiger partial charge is 0.491 e. The molecule has 1 fully saturated rings. The lowest BCUT2D eigenvalue weighted by atomic mass is 10.0. The normalized spacial score (nSPS) is 17.5. The lowest BCUT2D eigenvalue weighted by Crippen LogP contribution is -2.54. The monoisotopic (exact) mass is 668 g/mol. The summed E-state index contributed by atoms with van der Waals surface area (Å²) < 4.78 is 31.2. The Bertz CT molecular complexity index is 1060. The van der Waals surface area contributed by atoms with Crippen LogP contribution in [0.3, 0.4) is 0 Å². The van der Waals surface area contributed by atoms with Crippen LogP contribution in [0.2, 0.25) is 0 Å². The Hall–Kier alpha value is -3.34. The summed E-state index contributed by atoms with van der Waals surface area (Å²) in [5, 5.41) is 10.4. The van der Waals surface area contributed by atoms with Crippen molar-refractivity contribution in [2.24, 2.45) is 0 Å². The smallest absolute Gasteiger partial charge is 0.325 e. The number of benzene rings is 1. The molecule has 0 saturated carbocycles. The van der Waals surface area contributed by atoms with Crippen molar-refractivity contribution in [2.45, 2.75) is 25.4 Å². The van der Waals surface area contributed by atoms with Crippen molar-refractivity contribution in [3.63, 3.8) is 0 Å². The summed E-state index contributed by atoms with van der Waals surface area (Å²) in [7, 11) is 5.44. The highest BCUT2D eigenvalue weighted by Gasteiger charge is 2.31. The highest BCUT2D eigenvalue weighted by Crippen LogP contribution is 2.17. The quantitative estimate of drug-likeness (QED) is 0.133. The molecular formula is C32H52N4O11. The molecule has 1 N–H and O–H groups in total. The average molecular weight is 669 g/mol. The van der Waals surface area contributed by atoms with E-state index in [2.05, 4.69) is 0 Å². The molecule has 266 valence electrons. The number of carbonyl (C=O) groups is 4. The molecule has 1 aliphatic rings. The summed E-state index contributed by atoms with van der Waals surface area (Å²) in [5.74, 6) is -1.64. The Morgan fingerprint density at radius 3 is 1.66 bits per heavy atom. The van der Waals surface area contributed by atoms with Gasteiger partial charge in [-0.1, -0.05) is 12.1 Å². The highest BCUT2D eigenvalue weighted by atomic mass is 16.5. The van der Waals surface area contributed by atoms with Crippen LogP contribution >= 0.6 is 0 Å². The molecule has 2 rings (SSSR count). The molecule has 0 bridgehead atoms. The Kier molecular flexibility index (Phi) is 18.9. The maximum atomic E-state index is 12.7. The number of hydrogen-bond donors (Lipinski definition) is 1. The molecule has 1 aliphatic heterocycles. The highest BCUT2D eigenvalue weighted by molar-refractivity contribution is 5.76. The number of ether oxygens (including phenoxy) is 6. The van der Waals surface area contributed by atoms with Gasteiger partial charge >= 0.3 is 23.9 Å². The van der Waals surface area contributed by atoms with Crippen LogP contribution in [0.25, 0.3) is 0 Å².